The van der Waals surface area contributed by atoms with Crippen LogP contribution in [0.2, 0.25) is 0 Å². The van der Waals surface area contributed by atoms with E-state index in [2.05, 4.69) is 4.74 Å². The molecule has 0 fully saturated rings. The second-order valence-electron chi connectivity index (χ2n) is 5.32. The number of methoxy groups -OCH3 is 1. The molecule has 0 aliphatic rings. The number of hydrogen-bond donors (Lipinski definition) is 0. The molecule has 11 heteroatoms. The zero-order chi connectivity index (χ0) is 21.4. The number of rotatable bonds is 9. The van der Waals surface area contributed by atoms with Crippen LogP contribution in [0.5, 0.6) is 17.2 Å². The molecule has 152 valence electrons. The molecule has 0 atom stereocenters. The standard InChI is InChI=1S/C18H14F2N2O7/c1-26-15-6-12(13(22(24)25)7-16(15)29-18(19)20)9-28-17(23)10-27-14-5-3-2-4-11(14)8-21/h2-7,18H,9-10H2,1H3. The molecule has 0 saturated heterocycles. The molecule has 2 rings (SSSR count). The van der Waals surface area contributed by atoms with Crippen LogP contribution in [-0.2, 0) is 16.1 Å². The van der Waals surface area contributed by atoms with E-state index in [4.69, 9.17) is 19.5 Å². The zero-order valence-electron chi connectivity index (χ0n) is 15.0. The number of nitrogens with zero attached hydrogens (tertiary/aromatic N) is 2. The molecule has 0 aliphatic carbocycles. The molecule has 0 aliphatic heterocycles. The number of carbonyl (C=O) groups is 1. The number of carbonyl (C=O) groups excluding carboxylic acids is 1. The van der Waals surface area contributed by atoms with Gasteiger partial charge in [-0.2, -0.15) is 14.0 Å². The number of nitriles is 1. The molecule has 9 nitrogen and oxygen atoms in total. The Balaban J connectivity index is 2.09. The smallest absolute Gasteiger partial charge is 0.387 e. The number of halogens is 2. The third-order valence-electron chi connectivity index (χ3n) is 3.52. The van der Waals surface area contributed by atoms with Crippen molar-refractivity contribution in [2.75, 3.05) is 13.7 Å². The lowest BCUT2D eigenvalue weighted by Gasteiger charge is -2.12. The van der Waals surface area contributed by atoms with Gasteiger partial charge >= 0.3 is 12.6 Å². The topological polar surface area (TPSA) is 121 Å². The molecule has 0 saturated carbocycles. The van der Waals surface area contributed by atoms with Crippen LogP contribution in [0.15, 0.2) is 36.4 Å². The summed E-state index contributed by atoms with van der Waals surface area (Å²) in [6.07, 6.45) is 0. The maximum atomic E-state index is 12.5. The van der Waals surface area contributed by atoms with Gasteiger partial charge in [0, 0.05) is 0 Å². The number of ether oxygens (including phenoxy) is 4. The van der Waals surface area contributed by atoms with E-state index < -0.39 is 42.2 Å². The van der Waals surface area contributed by atoms with Crippen LogP contribution >= 0.6 is 0 Å². The first-order valence-electron chi connectivity index (χ1n) is 7.93. The minimum Gasteiger partial charge on any atom is -0.493 e. The maximum absolute atomic E-state index is 12.5. The summed E-state index contributed by atoms with van der Waals surface area (Å²) in [5.74, 6) is -1.41. The number of hydrogen-bond acceptors (Lipinski definition) is 8. The first-order valence-corrected chi connectivity index (χ1v) is 7.93. The fraction of sp³-hybridized carbons (Fsp3) is 0.222. The molecular formula is C18H14F2N2O7. The van der Waals surface area contributed by atoms with Crippen LogP contribution in [0.3, 0.4) is 0 Å². The SMILES string of the molecule is COc1cc(COC(=O)COc2ccccc2C#N)c([N+](=O)[O-])cc1OC(F)F. The van der Waals surface area contributed by atoms with Gasteiger partial charge in [0.05, 0.1) is 29.2 Å². The van der Waals surface area contributed by atoms with E-state index in [1.807, 2.05) is 6.07 Å². The van der Waals surface area contributed by atoms with E-state index in [-0.39, 0.29) is 22.6 Å². The van der Waals surface area contributed by atoms with Crippen molar-refractivity contribution in [1.29, 1.82) is 5.26 Å². The first kappa shape index (κ1) is 21.4. The van der Waals surface area contributed by atoms with Gasteiger partial charge in [0.15, 0.2) is 18.1 Å². The lowest BCUT2D eigenvalue weighted by atomic mass is 10.1. The highest BCUT2D eigenvalue weighted by Gasteiger charge is 2.22. The largest absolute Gasteiger partial charge is 0.493 e. The summed E-state index contributed by atoms with van der Waals surface area (Å²) in [5, 5.41) is 20.2. The molecule has 0 radical (unpaired) electrons. The van der Waals surface area contributed by atoms with E-state index in [9.17, 15) is 23.7 Å². The normalized spacial score (nSPS) is 10.2. The minimum absolute atomic E-state index is 0.0979. The van der Waals surface area contributed by atoms with Crippen molar-refractivity contribution in [2.24, 2.45) is 0 Å². The average Bonchev–Trinajstić information content (AvgIpc) is 2.70. The van der Waals surface area contributed by atoms with Crippen molar-refractivity contribution in [2.45, 2.75) is 13.2 Å². The Morgan fingerprint density at radius 3 is 2.59 bits per heavy atom. The van der Waals surface area contributed by atoms with Crippen LogP contribution in [0.1, 0.15) is 11.1 Å². The van der Waals surface area contributed by atoms with E-state index in [0.29, 0.717) is 0 Å². The van der Waals surface area contributed by atoms with Gasteiger partial charge in [0.25, 0.3) is 5.69 Å². The van der Waals surface area contributed by atoms with Crippen LogP contribution in [0, 0.1) is 21.4 Å². The fourth-order valence-electron chi connectivity index (χ4n) is 2.25. The number of para-hydroxylation sites is 1. The van der Waals surface area contributed by atoms with Gasteiger partial charge in [-0.05, 0) is 18.2 Å². The van der Waals surface area contributed by atoms with Crippen LogP contribution in [-0.4, -0.2) is 31.2 Å². The highest BCUT2D eigenvalue weighted by atomic mass is 19.3. The third-order valence-corrected chi connectivity index (χ3v) is 3.52. The minimum atomic E-state index is -3.21. The number of nitro groups is 1. The van der Waals surface area contributed by atoms with Crippen molar-refractivity contribution < 1.29 is 37.4 Å². The Kier molecular flexibility index (Phi) is 7.25. The van der Waals surface area contributed by atoms with Gasteiger partial charge in [0.2, 0.25) is 0 Å². The van der Waals surface area contributed by atoms with Crippen LogP contribution in [0.4, 0.5) is 14.5 Å². The second kappa shape index (κ2) is 9.84. The molecule has 29 heavy (non-hydrogen) atoms. The predicted molar refractivity (Wildman–Crippen MR) is 92.7 cm³/mol. The summed E-state index contributed by atoms with van der Waals surface area (Å²) in [5.41, 5.74) is -0.473. The Bertz CT molecular complexity index is 944. The average molecular weight is 408 g/mol. The molecule has 0 bridgehead atoms. The van der Waals surface area contributed by atoms with Gasteiger partial charge in [-0.25, -0.2) is 4.79 Å². The summed E-state index contributed by atoms with van der Waals surface area (Å²) < 4.78 is 44.1. The Labute approximate surface area is 163 Å². The Morgan fingerprint density at radius 2 is 1.97 bits per heavy atom. The molecule has 0 N–H and O–H groups in total. The van der Waals surface area contributed by atoms with E-state index in [1.165, 1.54) is 12.1 Å². The van der Waals surface area contributed by atoms with E-state index in [1.54, 1.807) is 12.1 Å². The van der Waals surface area contributed by atoms with E-state index in [0.717, 1.165) is 19.2 Å². The summed E-state index contributed by atoms with van der Waals surface area (Å²) in [6, 6.07) is 9.94. The molecular weight excluding hydrogens is 394 g/mol. The third kappa shape index (κ3) is 5.77. The van der Waals surface area contributed by atoms with Crippen molar-refractivity contribution in [3.05, 3.63) is 57.6 Å². The molecule has 0 unspecified atom stereocenters. The van der Waals surface area contributed by atoms with Gasteiger partial charge in [-0.15, -0.1) is 0 Å². The van der Waals surface area contributed by atoms with Gasteiger partial charge in [0.1, 0.15) is 18.4 Å². The van der Waals surface area contributed by atoms with Crippen molar-refractivity contribution in [1.82, 2.24) is 0 Å². The lowest BCUT2D eigenvalue weighted by molar-refractivity contribution is -0.386. The molecule has 0 heterocycles. The quantitative estimate of drug-likeness (QED) is 0.352. The molecule has 2 aromatic carbocycles. The van der Waals surface area contributed by atoms with Gasteiger partial charge in [-0.1, -0.05) is 12.1 Å². The molecule has 2 aromatic rings. The molecule has 0 spiro atoms. The monoisotopic (exact) mass is 408 g/mol. The Morgan fingerprint density at radius 1 is 1.24 bits per heavy atom. The lowest BCUT2D eigenvalue weighted by Crippen LogP contribution is -2.15. The number of nitro benzene ring substituents is 1. The zero-order valence-corrected chi connectivity index (χ0v) is 15.0. The predicted octanol–water partition coefficient (Wildman–Crippen LogP) is 3.20. The summed E-state index contributed by atoms with van der Waals surface area (Å²) in [6.45, 7) is -4.29. The number of alkyl halides is 2. The van der Waals surface area contributed by atoms with E-state index >= 15 is 0 Å². The summed E-state index contributed by atoms with van der Waals surface area (Å²) >= 11 is 0. The number of benzene rings is 2. The fourth-order valence-corrected chi connectivity index (χ4v) is 2.25. The molecule has 0 amide bonds. The highest BCUT2D eigenvalue weighted by Crippen LogP contribution is 2.36. The van der Waals surface area contributed by atoms with Crippen molar-refractivity contribution >= 4 is 11.7 Å². The van der Waals surface area contributed by atoms with Crippen molar-refractivity contribution in [3.8, 4) is 23.3 Å². The summed E-state index contributed by atoms with van der Waals surface area (Å²) in [4.78, 5) is 22.3. The summed E-state index contributed by atoms with van der Waals surface area (Å²) in [7, 11) is 1.16. The highest BCUT2D eigenvalue weighted by molar-refractivity contribution is 5.71. The van der Waals surface area contributed by atoms with Crippen LogP contribution in [0.25, 0.3) is 0 Å². The second-order valence-corrected chi connectivity index (χ2v) is 5.32. The van der Waals surface area contributed by atoms with Gasteiger partial charge < -0.3 is 18.9 Å². The number of esters is 1. The first-order chi connectivity index (χ1) is 13.8. The Hall–Kier alpha value is -3.94. The van der Waals surface area contributed by atoms with Crippen LogP contribution < -0.4 is 14.2 Å². The van der Waals surface area contributed by atoms with Crippen molar-refractivity contribution in [3.63, 3.8) is 0 Å². The molecule has 0 aromatic heterocycles. The maximum Gasteiger partial charge on any atom is 0.387 e. The van der Waals surface area contributed by atoms with Gasteiger partial charge in [-0.3, -0.25) is 10.1 Å².